The monoisotopic (exact) mass is 190 g/mol. The fourth-order valence-corrected chi connectivity index (χ4v) is 0.483. The first-order valence-electron chi connectivity index (χ1n) is 3.90. The molecule has 1 unspecified atom stereocenters. The van der Waals surface area contributed by atoms with E-state index in [1.807, 2.05) is 0 Å². The van der Waals surface area contributed by atoms with E-state index < -0.39 is 24.1 Å². The Hall–Kier alpha value is -1.10. The molecule has 0 heterocycles. The van der Waals surface area contributed by atoms with E-state index in [4.69, 9.17) is 0 Å². The van der Waals surface area contributed by atoms with Crippen molar-refractivity contribution in [2.45, 2.75) is 25.9 Å². The van der Waals surface area contributed by atoms with Crippen LogP contribution in [0.4, 0.5) is 0 Å². The quantitative estimate of drug-likeness (QED) is 0.625. The molecule has 5 heteroatoms. The third kappa shape index (κ3) is 3.89. The van der Waals surface area contributed by atoms with Gasteiger partial charge in [-0.05, 0) is 13.3 Å². The summed E-state index contributed by atoms with van der Waals surface area (Å²) in [7, 11) is 1.19. The summed E-state index contributed by atoms with van der Waals surface area (Å²) in [4.78, 5) is 21.6. The van der Waals surface area contributed by atoms with Crippen LogP contribution in [0.1, 0.15) is 20.3 Å². The minimum Gasteiger partial charge on any atom is -0.466 e. The van der Waals surface area contributed by atoms with Gasteiger partial charge in [0, 0.05) is 0 Å². The first-order chi connectivity index (χ1) is 5.94. The Morgan fingerprint density at radius 3 is 2.38 bits per heavy atom. The van der Waals surface area contributed by atoms with Crippen molar-refractivity contribution in [2.24, 2.45) is 0 Å². The molecule has 0 aliphatic rings. The Kier molecular flexibility index (Phi) is 4.40. The molecule has 0 amide bonds. The summed E-state index contributed by atoms with van der Waals surface area (Å²) in [6, 6.07) is 0. The average molecular weight is 190 g/mol. The standard InChI is InChI=1S/C8H14O5/c1-4-8(2,11)7(10)13-5-6(9)12-3/h11H,4-5H2,1-3H3. The molecule has 0 spiro atoms. The fourth-order valence-electron chi connectivity index (χ4n) is 0.483. The van der Waals surface area contributed by atoms with Crippen LogP contribution in [0.5, 0.6) is 0 Å². The number of carbonyl (C=O) groups excluding carboxylic acids is 2. The zero-order valence-corrected chi connectivity index (χ0v) is 7.99. The van der Waals surface area contributed by atoms with Crippen LogP contribution < -0.4 is 0 Å². The predicted octanol–water partition coefficient (Wildman–Crippen LogP) is -0.136. The van der Waals surface area contributed by atoms with Gasteiger partial charge < -0.3 is 14.6 Å². The largest absolute Gasteiger partial charge is 0.466 e. The van der Waals surface area contributed by atoms with Crippen molar-refractivity contribution in [3.05, 3.63) is 0 Å². The molecule has 13 heavy (non-hydrogen) atoms. The minimum absolute atomic E-state index is 0.229. The number of ether oxygens (including phenoxy) is 2. The molecule has 5 nitrogen and oxygen atoms in total. The summed E-state index contributed by atoms with van der Waals surface area (Å²) in [5.74, 6) is -1.47. The zero-order valence-electron chi connectivity index (χ0n) is 7.99. The number of carbonyl (C=O) groups is 2. The Bertz CT molecular complexity index is 197. The van der Waals surface area contributed by atoms with Crippen molar-refractivity contribution in [3.8, 4) is 0 Å². The molecule has 0 fully saturated rings. The van der Waals surface area contributed by atoms with E-state index >= 15 is 0 Å². The Balaban J connectivity index is 3.95. The van der Waals surface area contributed by atoms with Gasteiger partial charge in [0.05, 0.1) is 7.11 Å². The first-order valence-corrected chi connectivity index (χ1v) is 3.90. The fraction of sp³-hybridized carbons (Fsp3) is 0.750. The van der Waals surface area contributed by atoms with Gasteiger partial charge in [0.1, 0.15) is 0 Å². The summed E-state index contributed by atoms with van der Waals surface area (Å²) < 4.78 is 8.74. The van der Waals surface area contributed by atoms with E-state index in [0.717, 1.165) is 0 Å². The number of hydrogen-bond acceptors (Lipinski definition) is 5. The van der Waals surface area contributed by atoms with E-state index in [-0.39, 0.29) is 6.42 Å². The molecule has 0 radical (unpaired) electrons. The number of methoxy groups -OCH3 is 1. The first kappa shape index (κ1) is 11.9. The molecule has 0 aliphatic heterocycles. The van der Waals surface area contributed by atoms with Gasteiger partial charge in [-0.25, -0.2) is 9.59 Å². The van der Waals surface area contributed by atoms with Crippen molar-refractivity contribution in [1.29, 1.82) is 0 Å². The van der Waals surface area contributed by atoms with Crippen LogP contribution in [0.25, 0.3) is 0 Å². The van der Waals surface area contributed by atoms with Crippen LogP contribution in [-0.2, 0) is 19.1 Å². The van der Waals surface area contributed by atoms with Crippen molar-refractivity contribution in [2.75, 3.05) is 13.7 Å². The molecule has 0 aromatic heterocycles. The average Bonchev–Trinajstić information content (AvgIpc) is 2.13. The predicted molar refractivity (Wildman–Crippen MR) is 43.9 cm³/mol. The maximum atomic E-state index is 11.0. The molecular weight excluding hydrogens is 176 g/mol. The highest BCUT2D eigenvalue weighted by Gasteiger charge is 2.30. The molecule has 0 saturated heterocycles. The molecule has 0 aliphatic carbocycles. The second-order valence-corrected chi connectivity index (χ2v) is 2.78. The third-order valence-electron chi connectivity index (χ3n) is 1.68. The van der Waals surface area contributed by atoms with Gasteiger partial charge in [-0.3, -0.25) is 0 Å². The van der Waals surface area contributed by atoms with E-state index in [1.165, 1.54) is 14.0 Å². The lowest BCUT2D eigenvalue weighted by Gasteiger charge is -2.18. The highest BCUT2D eigenvalue weighted by molar-refractivity contribution is 5.81. The van der Waals surface area contributed by atoms with Crippen LogP contribution in [0.3, 0.4) is 0 Å². The molecule has 76 valence electrons. The number of aliphatic hydroxyl groups is 1. The SMILES string of the molecule is CCC(C)(O)C(=O)OCC(=O)OC. The van der Waals surface area contributed by atoms with Gasteiger partial charge in [-0.1, -0.05) is 6.92 Å². The van der Waals surface area contributed by atoms with Gasteiger partial charge in [0.15, 0.2) is 12.2 Å². The lowest BCUT2D eigenvalue weighted by Crippen LogP contribution is -2.37. The third-order valence-corrected chi connectivity index (χ3v) is 1.68. The van der Waals surface area contributed by atoms with Crippen LogP contribution >= 0.6 is 0 Å². The smallest absolute Gasteiger partial charge is 0.344 e. The van der Waals surface area contributed by atoms with Gasteiger partial charge in [-0.2, -0.15) is 0 Å². The van der Waals surface area contributed by atoms with Crippen molar-refractivity contribution < 1.29 is 24.2 Å². The Morgan fingerprint density at radius 1 is 1.46 bits per heavy atom. The van der Waals surface area contributed by atoms with Gasteiger partial charge in [-0.15, -0.1) is 0 Å². The highest BCUT2D eigenvalue weighted by Crippen LogP contribution is 2.10. The topological polar surface area (TPSA) is 72.8 Å². The van der Waals surface area contributed by atoms with Crippen molar-refractivity contribution >= 4 is 11.9 Å². The summed E-state index contributed by atoms with van der Waals surface area (Å²) in [6.45, 7) is 2.50. The van der Waals surface area contributed by atoms with E-state index in [9.17, 15) is 14.7 Å². The molecule has 0 aromatic carbocycles. The zero-order chi connectivity index (χ0) is 10.5. The van der Waals surface area contributed by atoms with Crippen LogP contribution in [0.2, 0.25) is 0 Å². The normalized spacial score (nSPS) is 14.5. The van der Waals surface area contributed by atoms with E-state index in [1.54, 1.807) is 6.92 Å². The summed E-state index contributed by atoms with van der Waals surface area (Å²) in [5.41, 5.74) is -1.53. The lowest BCUT2D eigenvalue weighted by atomic mass is 10.1. The summed E-state index contributed by atoms with van der Waals surface area (Å²) in [6.07, 6.45) is 0.229. The van der Waals surface area contributed by atoms with Gasteiger partial charge in [0.2, 0.25) is 0 Å². The highest BCUT2D eigenvalue weighted by atomic mass is 16.6. The summed E-state index contributed by atoms with van der Waals surface area (Å²) in [5, 5.41) is 9.35. The number of rotatable bonds is 4. The molecule has 0 rings (SSSR count). The molecule has 1 atom stereocenters. The summed E-state index contributed by atoms with van der Waals surface area (Å²) >= 11 is 0. The minimum atomic E-state index is -1.53. The molecule has 0 bridgehead atoms. The van der Waals surface area contributed by atoms with Crippen molar-refractivity contribution in [3.63, 3.8) is 0 Å². The van der Waals surface area contributed by atoms with Crippen LogP contribution in [-0.4, -0.2) is 36.4 Å². The second-order valence-electron chi connectivity index (χ2n) is 2.78. The second kappa shape index (κ2) is 4.81. The van der Waals surface area contributed by atoms with Gasteiger partial charge >= 0.3 is 11.9 Å². The van der Waals surface area contributed by atoms with Crippen LogP contribution in [0.15, 0.2) is 0 Å². The lowest BCUT2D eigenvalue weighted by molar-refractivity contribution is -0.170. The van der Waals surface area contributed by atoms with Gasteiger partial charge in [0.25, 0.3) is 0 Å². The van der Waals surface area contributed by atoms with Crippen molar-refractivity contribution in [1.82, 2.24) is 0 Å². The number of esters is 2. The molecule has 1 N–H and O–H groups in total. The Labute approximate surface area is 76.6 Å². The maximum Gasteiger partial charge on any atom is 0.344 e. The van der Waals surface area contributed by atoms with Crippen LogP contribution in [0, 0.1) is 0 Å². The Morgan fingerprint density at radius 2 is 2.00 bits per heavy atom. The number of hydrogen-bond donors (Lipinski definition) is 1. The molecule has 0 saturated carbocycles. The molecule has 0 aromatic rings. The maximum absolute atomic E-state index is 11.0. The van der Waals surface area contributed by atoms with E-state index in [2.05, 4.69) is 9.47 Å². The molecular formula is C8H14O5. The van der Waals surface area contributed by atoms with E-state index in [0.29, 0.717) is 0 Å².